The van der Waals surface area contributed by atoms with E-state index in [1.165, 1.54) is 16.9 Å². The van der Waals surface area contributed by atoms with Gasteiger partial charge in [-0.25, -0.2) is 0 Å². The molecule has 4 aromatic carbocycles. The average Bonchev–Trinajstić information content (AvgIpc) is 0.789. The van der Waals surface area contributed by atoms with E-state index in [1.807, 2.05) is 262 Å². The van der Waals surface area contributed by atoms with Gasteiger partial charge in [-0.15, -0.1) is 24.4 Å². The third-order valence-electron chi connectivity index (χ3n) is 14.0. The van der Waals surface area contributed by atoms with Gasteiger partial charge in [0, 0.05) is 22.7 Å². The van der Waals surface area contributed by atoms with Gasteiger partial charge in [-0.05, 0) is 91.9 Å². The summed E-state index contributed by atoms with van der Waals surface area (Å²) in [6.45, 7) is 68.0. The van der Waals surface area contributed by atoms with Crippen molar-refractivity contribution in [2.45, 2.75) is 316 Å². The molecule has 0 amide bonds. The molecule has 0 heterocycles. The van der Waals surface area contributed by atoms with Crippen molar-refractivity contribution < 1.29 is 165 Å². The molecule has 0 aromatic heterocycles. The molecule has 0 bridgehead atoms. The molecule has 4 aromatic rings. The number of nitrogens with zero attached hydrogens (tertiary/aromatic N) is 4. The Morgan fingerprint density at radius 1 is 0.202 bits per heavy atom. The number of anilines is 4. The maximum Gasteiger partial charge on any atom is 4.00 e. The Balaban J connectivity index is -0.000000181. The Kier molecular flexibility index (Phi) is 59.5. The fraction of sp³-hybridized carbons (Fsp3) is 0.667. The van der Waals surface area contributed by atoms with Gasteiger partial charge in [0.2, 0.25) is 0 Å². The third kappa shape index (κ3) is 45.1. The summed E-state index contributed by atoms with van der Waals surface area (Å²) < 4.78 is 4.91. The number of rotatable bonds is 20. The van der Waals surface area contributed by atoms with Gasteiger partial charge in [0.05, 0.1) is 0 Å². The summed E-state index contributed by atoms with van der Waals surface area (Å²) in [6.07, 6.45) is -1.67. The molecule has 0 N–H and O–H groups in total. The zero-order valence-electron chi connectivity index (χ0n) is 70.2. The van der Waals surface area contributed by atoms with Crippen molar-refractivity contribution in [3.63, 3.8) is 0 Å². The molecule has 0 spiro atoms. The molecule has 32 heteroatoms. The van der Waals surface area contributed by atoms with Crippen LogP contribution in [0.25, 0.3) is 0 Å². The maximum absolute atomic E-state index is 12.0. The second kappa shape index (κ2) is 51.7. The van der Waals surface area contributed by atoms with E-state index in [0.717, 1.165) is 44.5 Å². The Labute approximate surface area is 700 Å². The SMILES string of the molecule is CC(C)[O-].CC(C)[O-].CC(C)[O-].CC(C)[O-].CC(C)c1cccc(C(C)C)c1N([Si](C)(C)C)[Si]([O-])([O-])[O-].CC(C)c1cccc(C(C)C)c1N([Si](C)(C)C)[Si]([O-])([O-])[O-].CC(C)c1cccc(C(C)C)c1N([Si](C)(C)C)[Si]([O-])([O-])[O-].CC(C)c1cccc(C(C)C)c1N([Si](C)(C)C)[Si]([O-])([O-])[O-].[Ti+4].[Ti+4].[Ti+4].[Ti+4]. The summed E-state index contributed by atoms with van der Waals surface area (Å²) in [5.74, 6) is 1.29. The summed E-state index contributed by atoms with van der Waals surface area (Å²) in [4.78, 5) is 144. The molecule has 0 atom stereocenters. The van der Waals surface area contributed by atoms with E-state index in [0.29, 0.717) is 22.7 Å². The first-order valence-corrected chi connectivity index (χ1v) is 55.7. The van der Waals surface area contributed by atoms with Crippen molar-refractivity contribution in [1.82, 2.24) is 0 Å². The van der Waals surface area contributed by atoms with Crippen LogP contribution in [0.3, 0.4) is 0 Å². The molecule has 0 saturated carbocycles. The van der Waals surface area contributed by atoms with E-state index in [9.17, 15) is 78.0 Å². The minimum absolute atomic E-state index is 0. The smallest absolute Gasteiger partial charge is 0.866 e. The molecule has 0 fully saturated rings. The summed E-state index contributed by atoms with van der Waals surface area (Å²) in [7, 11) is -30.1. The molecule has 20 nitrogen and oxygen atoms in total. The molecule has 0 radical (unpaired) electrons. The zero-order valence-corrected chi connectivity index (χ0v) is 84.4. The Bertz CT molecular complexity index is 2380. The largest absolute Gasteiger partial charge is 4.00 e. The van der Waals surface area contributed by atoms with Gasteiger partial charge in [-0.2, -0.15) is 35.9 Å². The molecule has 0 unspecified atom stereocenters. The Hall–Kier alpha value is 0.0322. The maximum atomic E-state index is 12.0. The summed E-state index contributed by atoms with van der Waals surface area (Å²) >= 11 is 0. The van der Waals surface area contributed by atoms with Crippen LogP contribution in [0.1, 0.15) is 258 Å². The summed E-state index contributed by atoms with van der Waals surface area (Å²) in [5.41, 5.74) is 10.00. The van der Waals surface area contributed by atoms with E-state index in [2.05, 4.69) is 0 Å². The molecule has 584 valence electrons. The van der Waals surface area contributed by atoms with Crippen LogP contribution in [0, 0.1) is 0 Å². The van der Waals surface area contributed by atoms with Crippen LogP contribution < -0.4 is 94.9 Å². The van der Waals surface area contributed by atoms with Crippen molar-refractivity contribution in [3.8, 4) is 0 Å². The zero-order chi connectivity index (χ0) is 80.7. The topological polar surface area (TPSA) is 382 Å². The third-order valence-corrected chi connectivity index (χ3v) is 34.7. The van der Waals surface area contributed by atoms with E-state index < -0.39 is 93.2 Å². The monoisotopic (exact) mass is 1720 g/mol. The van der Waals surface area contributed by atoms with Crippen molar-refractivity contribution >= 4 is 91.6 Å². The van der Waals surface area contributed by atoms with Crippen LogP contribution in [0.5, 0.6) is 0 Å². The molecule has 0 aliphatic carbocycles. The first kappa shape index (κ1) is 120. The van der Waals surface area contributed by atoms with E-state index in [1.54, 1.807) is 55.4 Å². The predicted molar refractivity (Wildman–Crippen MR) is 405 cm³/mol. The van der Waals surface area contributed by atoms with Crippen LogP contribution in [0.15, 0.2) is 72.8 Å². The predicted octanol–water partition coefficient (Wildman–Crippen LogP) is 3.38. The fourth-order valence-corrected chi connectivity index (χ4v) is 29.6. The summed E-state index contributed by atoms with van der Waals surface area (Å²) in [6, 6.07) is 23.2. The van der Waals surface area contributed by atoms with Crippen molar-refractivity contribution in [2.24, 2.45) is 0 Å². The standard InChI is InChI=1S/4C15H26NO3Si2.4C3H7O.4Ti/c4*1-11(2)13-9-8-10-14(12(3)4)15(13)16(20(5,6)7)21(17,18)19;4*1-3(2)4;;;;/h4*8-12H,1-7H3;4*3H,1-2H3;;;;/q4*-3;4*-1;4*+4. The minimum Gasteiger partial charge on any atom is -0.866 e. The first-order chi connectivity index (χ1) is 44.4. The van der Waals surface area contributed by atoms with Gasteiger partial charge in [0.15, 0.2) is 0 Å². The van der Waals surface area contributed by atoms with Gasteiger partial charge >= 0.3 is 86.9 Å². The van der Waals surface area contributed by atoms with Crippen molar-refractivity contribution in [2.75, 3.05) is 16.9 Å². The number of hydrogen-bond donors (Lipinski definition) is 0. The average molecular weight is 1730 g/mol. The normalized spacial score (nSPS) is 12.0. The first-order valence-electron chi connectivity index (χ1n) is 35.2. The van der Waals surface area contributed by atoms with Gasteiger partial charge in [0.25, 0.3) is 0 Å². The van der Waals surface area contributed by atoms with Crippen LogP contribution in [-0.2, 0) is 86.9 Å². The van der Waals surface area contributed by atoms with Crippen LogP contribution >= 0.6 is 0 Å². The molecular formula is C72H132N4O16Si8Ti4. The van der Waals surface area contributed by atoms with Gasteiger partial charge in [0.1, 0.15) is 32.9 Å². The molecule has 0 aliphatic heterocycles. The van der Waals surface area contributed by atoms with Crippen molar-refractivity contribution in [3.05, 3.63) is 117 Å². The minimum atomic E-state index is -5.17. The van der Waals surface area contributed by atoms with Crippen LogP contribution in [-0.4, -0.2) is 93.2 Å². The molecule has 4 rings (SSSR count). The fourth-order valence-electron chi connectivity index (χ4n) is 10.6. The van der Waals surface area contributed by atoms with Crippen LogP contribution in [0.4, 0.5) is 22.7 Å². The van der Waals surface area contributed by atoms with E-state index in [-0.39, 0.29) is 134 Å². The quantitative estimate of drug-likeness (QED) is 0.114. The number of benzene rings is 4. The number of hydrogen-bond acceptors (Lipinski definition) is 20. The second-order valence-electron chi connectivity index (χ2n) is 32.7. The van der Waals surface area contributed by atoms with E-state index >= 15 is 0 Å². The summed E-state index contributed by atoms with van der Waals surface area (Å²) in [5, 5.41) is 38.1. The van der Waals surface area contributed by atoms with Gasteiger partial charge in [-0.3, -0.25) is 0 Å². The molecular weight excluding hydrogens is 1590 g/mol. The van der Waals surface area contributed by atoms with Crippen molar-refractivity contribution in [1.29, 1.82) is 0 Å². The Morgan fingerprint density at radius 3 is 0.327 bits per heavy atom. The Morgan fingerprint density at radius 2 is 0.279 bits per heavy atom. The van der Waals surface area contributed by atoms with Gasteiger partial charge in [-0.1, -0.05) is 318 Å². The van der Waals surface area contributed by atoms with E-state index in [4.69, 9.17) is 0 Å². The molecule has 104 heavy (non-hydrogen) atoms. The second-order valence-corrected chi connectivity index (χ2v) is 59.6. The number of para-hydroxylation sites is 4. The van der Waals surface area contributed by atoms with Crippen LogP contribution in [0.2, 0.25) is 78.6 Å². The van der Waals surface area contributed by atoms with Gasteiger partial charge < -0.3 is 94.9 Å². The molecule has 0 saturated heterocycles. The molecule has 0 aliphatic rings.